The van der Waals surface area contributed by atoms with Crippen molar-refractivity contribution >= 4 is 5.96 Å². The van der Waals surface area contributed by atoms with Crippen LogP contribution < -0.4 is 10.6 Å². The van der Waals surface area contributed by atoms with Crippen LogP contribution in [0.3, 0.4) is 0 Å². The molecule has 0 aliphatic rings. The Kier molecular flexibility index (Phi) is 15.0. The van der Waals surface area contributed by atoms with Crippen LogP contribution >= 0.6 is 0 Å². The summed E-state index contributed by atoms with van der Waals surface area (Å²) < 4.78 is 10.4. The minimum absolute atomic E-state index is 0.672. The number of aliphatic imine (C=N–C) groups is 1. The second-order valence-electron chi connectivity index (χ2n) is 5.14. The first-order valence-electron chi connectivity index (χ1n) is 8.37. The third-order valence-electron chi connectivity index (χ3n) is 3.45. The van der Waals surface area contributed by atoms with Gasteiger partial charge in [0.15, 0.2) is 5.96 Å². The first-order chi connectivity index (χ1) is 10.3. The highest BCUT2D eigenvalue weighted by atomic mass is 16.5. The molecule has 5 nitrogen and oxygen atoms in total. The Hall–Kier alpha value is -0.810. The van der Waals surface area contributed by atoms with Gasteiger partial charge in [0.2, 0.25) is 0 Å². The van der Waals surface area contributed by atoms with Crippen molar-refractivity contribution in [3.05, 3.63) is 0 Å². The topological polar surface area (TPSA) is 54.9 Å². The highest BCUT2D eigenvalue weighted by Gasteiger charge is 2.03. The Morgan fingerprint density at radius 3 is 2.38 bits per heavy atom. The van der Waals surface area contributed by atoms with Gasteiger partial charge in [0.1, 0.15) is 0 Å². The number of unbranched alkanes of at least 4 members (excludes halogenated alkanes) is 1. The summed E-state index contributed by atoms with van der Waals surface area (Å²) in [7, 11) is 1.69. The van der Waals surface area contributed by atoms with E-state index in [2.05, 4.69) is 36.4 Å². The molecule has 0 aromatic rings. The molecule has 0 saturated heterocycles. The standard InChI is InChI=1S/C16H35N3O2/c1-5-15(6-2)14-19-16(17-7-3)18-10-8-9-11-21-13-12-20-4/h15H,5-14H2,1-4H3,(H2,17,18,19). The summed E-state index contributed by atoms with van der Waals surface area (Å²) in [4.78, 5) is 4.66. The normalized spacial score (nSPS) is 12.0. The van der Waals surface area contributed by atoms with Crippen LogP contribution in [0.15, 0.2) is 4.99 Å². The van der Waals surface area contributed by atoms with Crippen LogP contribution in [0.4, 0.5) is 0 Å². The zero-order valence-corrected chi connectivity index (χ0v) is 14.4. The molecule has 0 heterocycles. The number of hydrogen-bond acceptors (Lipinski definition) is 3. The van der Waals surface area contributed by atoms with Crippen LogP contribution in [0.1, 0.15) is 46.5 Å². The van der Waals surface area contributed by atoms with E-state index >= 15 is 0 Å². The van der Waals surface area contributed by atoms with Gasteiger partial charge >= 0.3 is 0 Å². The van der Waals surface area contributed by atoms with Crippen LogP contribution in [-0.2, 0) is 9.47 Å². The van der Waals surface area contributed by atoms with Gasteiger partial charge in [-0.25, -0.2) is 0 Å². The van der Waals surface area contributed by atoms with Crippen molar-refractivity contribution in [2.75, 3.05) is 46.6 Å². The van der Waals surface area contributed by atoms with E-state index in [1.54, 1.807) is 7.11 Å². The second-order valence-corrected chi connectivity index (χ2v) is 5.14. The van der Waals surface area contributed by atoms with Crippen molar-refractivity contribution in [2.24, 2.45) is 10.9 Å². The molecule has 0 aliphatic carbocycles. The minimum Gasteiger partial charge on any atom is -0.382 e. The number of hydrogen-bond donors (Lipinski definition) is 2. The molecule has 126 valence electrons. The maximum atomic E-state index is 5.44. The van der Waals surface area contributed by atoms with E-state index in [1.807, 2.05) is 0 Å². The summed E-state index contributed by atoms with van der Waals surface area (Å²) in [5.74, 6) is 1.62. The first-order valence-corrected chi connectivity index (χ1v) is 8.37. The summed E-state index contributed by atoms with van der Waals surface area (Å²) in [5, 5.41) is 6.68. The molecule has 0 aromatic carbocycles. The lowest BCUT2D eigenvalue weighted by Crippen LogP contribution is -2.38. The van der Waals surface area contributed by atoms with Gasteiger partial charge in [0.05, 0.1) is 13.2 Å². The van der Waals surface area contributed by atoms with Crippen molar-refractivity contribution < 1.29 is 9.47 Å². The number of nitrogens with zero attached hydrogens (tertiary/aromatic N) is 1. The van der Waals surface area contributed by atoms with Crippen LogP contribution in [0.25, 0.3) is 0 Å². The zero-order chi connectivity index (χ0) is 15.8. The Labute approximate surface area is 130 Å². The molecule has 0 fully saturated rings. The lowest BCUT2D eigenvalue weighted by atomic mass is 10.0. The molecule has 0 aliphatic heterocycles. The van der Waals surface area contributed by atoms with Crippen LogP contribution in [0.5, 0.6) is 0 Å². The van der Waals surface area contributed by atoms with Crippen LogP contribution in [0.2, 0.25) is 0 Å². The van der Waals surface area contributed by atoms with E-state index in [-0.39, 0.29) is 0 Å². The average molecular weight is 301 g/mol. The van der Waals surface area contributed by atoms with Crippen molar-refractivity contribution in [2.45, 2.75) is 46.5 Å². The lowest BCUT2D eigenvalue weighted by Gasteiger charge is -2.14. The smallest absolute Gasteiger partial charge is 0.191 e. The first kappa shape index (κ1) is 20.2. The fraction of sp³-hybridized carbons (Fsp3) is 0.938. The van der Waals surface area contributed by atoms with Gasteiger partial charge in [0, 0.05) is 33.4 Å². The molecule has 0 spiro atoms. The number of methoxy groups -OCH3 is 1. The molecule has 0 atom stereocenters. The molecule has 0 amide bonds. The molecule has 2 N–H and O–H groups in total. The van der Waals surface area contributed by atoms with E-state index < -0.39 is 0 Å². The van der Waals surface area contributed by atoms with Crippen molar-refractivity contribution in [1.29, 1.82) is 0 Å². The van der Waals surface area contributed by atoms with Gasteiger partial charge in [-0.1, -0.05) is 26.7 Å². The predicted octanol–water partition coefficient (Wildman–Crippen LogP) is 2.42. The molecule has 0 rings (SSSR count). The number of rotatable bonds is 13. The minimum atomic E-state index is 0.672. The highest BCUT2D eigenvalue weighted by molar-refractivity contribution is 5.79. The molecular formula is C16H35N3O2. The SMILES string of the molecule is CCNC(=NCC(CC)CC)NCCCCOCCOC. The maximum Gasteiger partial charge on any atom is 0.191 e. The molecule has 21 heavy (non-hydrogen) atoms. The summed E-state index contributed by atoms with van der Waals surface area (Å²) in [6.45, 7) is 11.4. The third kappa shape index (κ3) is 12.6. The van der Waals surface area contributed by atoms with Crippen LogP contribution in [0, 0.1) is 5.92 Å². The molecular weight excluding hydrogens is 266 g/mol. The Balaban J connectivity index is 3.75. The fourth-order valence-corrected chi connectivity index (χ4v) is 1.89. The maximum absolute atomic E-state index is 5.44. The highest BCUT2D eigenvalue weighted by Crippen LogP contribution is 2.07. The quantitative estimate of drug-likeness (QED) is 0.312. The third-order valence-corrected chi connectivity index (χ3v) is 3.45. The monoisotopic (exact) mass is 301 g/mol. The summed E-state index contributed by atoms with van der Waals surface area (Å²) in [6, 6.07) is 0. The summed E-state index contributed by atoms with van der Waals surface area (Å²) >= 11 is 0. The van der Waals surface area contributed by atoms with E-state index in [9.17, 15) is 0 Å². The Morgan fingerprint density at radius 2 is 1.76 bits per heavy atom. The van der Waals surface area contributed by atoms with Gasteiger partial charge < -0.3 is 20.1 Å². The molecule has 0 unspecified atom stereocenters. The lowest BCUT2D eigenvalue weighted by molar-refractivity contribution is 0.0689. The van der Waals surface area contributed by atoms with E-state index in [4.69, 9.17) is 9.47 Å². The summed E-state index contributed by atoms with van der Waals surface area (Å²) in [5.41, 5.74) is 0. The largest absolute Gasteiger partial charge is 0.382 e. The number of nitrogens with one attached hydrogen (secondary N) is 2. The molecule has 0 aromatic heterocycles. The van der Waals surface area contributed by atoms with E-state index in [0.29, 0.717) is 19.1 Å². The fourth-order valence-electron chi connectivity index (χ4n) is 1.89. The van der Waals surface area contributed by atoms with Gasteiger partial charge in [-0.15, -0.1) is 0 Å². The molecule has 0 radical (unpaired) electrons. The second kappa shape index (κ2) is 15.6. The average Bonchev–Trinajstić information content (AvgIpc) is 2.50. The number of guanidine groups is 1. The molecule has 0 bridgehead atoms. The molecule has 5 heteroatoms. The van der Waals surface area contributed by atoms with E-state index in [0.717, 1.165) is 45.0 Å². The predicted molar refractivity (Wildman–Crippen MR) is 90.0 cm³/mol. The van der Waals surface area contributed by atoms with Gasteiger partial charge in [-0.2, -0.15) is 0 Å². The Morgan fingerprint density at radius 1 is 1.00 bits per heavy atom. The van der Waals surface area contributed by atoms with Gasteiger partial charge in [0.25, 0.3) is 0 Å². The Bertz CT molecular complexity index is 244. The van der Waals surface area contributed by atoms with Crippen LogP contribution in [-0.4, -0.2) is 52.5 Å². The van der Waals surface area contributed by atoms with Crippen molar-refractivity contribution in [1.82, 2.24) is 10.6 Å². The summed E-state index contributed by atoms with van der Waals surface area (Å²) in [6.07, 6.45) is 4.53. The van der Waals surface area contributed by atoms with Crippen molar-refractivity contribution in [3.63, 3.8) is 0 Å². The van der Waals surface area contributed by atoms with Crippen molar-refractivity contribution in [3.8, 4) is 0 Å². The molecule has 0 saturated carbocycles. The van der Waals surface area contributed by atoms with Gasteiger partial charge in [-0.3, -0.25) is 4.99 Å². The zero-order valence-electron chi connectivity index (χ0n) is 14.4. The number of ether oxygens (including phenoxy) is 2. The van der Waals surface area contributed by atoms with E-state index in [1.165, 1.54) is 12.8 Å². The van der Waals surface area contributed by atoms with Gasteiger partial charge in [-0.05, 0) is 25.7 Å².